The standard InChI is InChI=1S/C8H8O6/c9-4-2-1-3(7(11)12)5(6(4)10)8(13)14/h1-2,4,6,9-10H,(H,11,12)(H,13,14). The van der Waals surface area contributed by atoms with E-state index in [1.165, 1.54) is 0 Å². The van der Waals surface area contributed by atoms with Crippen LogP contribution in [-0.4, -0.2) is 44.6 Å². The van der Waals surface area contributed by atoms with Crippen molar-refractivity contribution in [1.29, 1.82) is 0 Å². The Morgan fingerprint density at radius 2 is 1.71 bits per heavy atom. The first-order valence-electron chi connectivity index (χ1n) is 3.70. The summed E-state index contributed by atoms with van der Waals surface area (Å²) in [5.41, 5.74) is -1.22. The largest absolute Gasteiger partial charge is 0.478 e. The number of hydrogen-bond donors (Lipinski definition) is 4. The highest BCUT2D eigenvalue weighted by atomic mass is 16.4. The molecule has 6 heteroatoms. The van der Waals surface area contributed by atoms with Crippen LogP contribution < -0.4 is 0 Å². The van der Waals surface area contributed by atoms with Crippen molar-refractivity contribution in [3.8, 4) is 0 Å². The molecule has 0 aromatic carbocycles. The molecule has 0 radical (unpaired) electrons. The van der Waals surface area contributed by atoms with Crippen molar-refractivity contribution in [3.05, 3.63) is 23.3 Å². The Bertz CT molecular complexity index is 340. The zero-order valence-electron chi connectivity index (χ0n) is 6.91. The summed E-state index contributed by atoms with van der Waals surface area (Å²) in [6, 6.07) is 0. The van der Waals surface area contributed by atoms with Crippen molar-refractivity contribution < 1.29 is 30.0 Å². The molecule has 76 valence electrons. The molecule has 6 nitrogen and oxygen atoms in total. The monoisotopic (exact) mass is 200 g/mol. The summed E-state index contributed by atoms with van der Waals surface area (Å²) in [4.78, 5) is 21.2. The molecule has 0 heterocycles. The molecule has 0 aromatic rings. The molecule has 0 aromatic heterocycles. The molecule has 1 aliphatic carbocycles. The van der Waals surface area contributed by atoms with E-state index in [0.717, 1.165) is 12.2 Å². The molecular weight excluding hydrogens is 192 g/mol. The normalized spacial score (nSPS) is 26.4. The number of carbonyl (C=O) groups is 2. The van der Waals surface area contributed by atoms with Crippen molar-refractivity contribution in [1.82, 2.24) is 0 Å². The highest BCUT2D eigenvalue weighted by Crippen LogP contribution is 2.20. The topological polar surface area (TPSA) is 115 Å². The zero-order valence-corrected chi connectivity index (χ0v) is 6.91. The van der Waals surface area contributed by atoms with E-state index in [-0.39, 0.29) is 0 Å². The van der Waals surface area contributed by atoms with Gasteiger partial charge in [0, 0.05) is 0 Å². The Kier molecular flexibility index (Phi) is 2.68. The van der Waals surface area contributed by atoms with Crippen LogP contribution in [0.4, 0.5) is 0 Å². The minimum atomic E-state index is -1.71. The van der Waals surface area contributed by atoms with E-state index >= 15 is 0 Å². The molecule has 2 unspecified atom stereocenters. The molecule has 0 fully saturated rings. The van der Waals surface area contributed by atoms with Crippen LogP contribution in [0.15, 0.2) is 23.3 Å². The summed E-state index contributed by atoms with van der Waals surface area (Å²) in [6.45, 7) is 0. The number of aliphatic carboxylic acids is 2. The summed E-state index contributed by atoms with van der Waals surface area (Å²) in [7, 11) is 0. The molecule has 0 saturated carbocycles. The zero-order chi connectivity index (χ0) is 10.9. The molecule has 0 bridgehead atoms. The van der Waals surface area contributed by atoms with E-state index in [9.17, 15) is 14.7 Å². The molecule has 0 saturated heterocycles. The van der Waals surface area contributed by atoms with Crippen LogP contribution in [0.5, 0.6) is 0 Å². The minimum Gasteiger partial charge on any atom is -0.478 e. The maximum atomic E-state index is 10.6. The van der Waals surface area contributed by atoms with Gasteiger partial charge in [-0.2, -0.15) is 0 Å². The maximum Gasteiger partial charge on any atom is 0.336 e. The first kappa shape index (κ1) is 10.4. The van der Waals surface area contributed by atoms with Gasteiger partial charge in [-0.25, -0.2) is 9.59 Å². The van der Waals surface area contributed by atoms with Crippen molar-refractivity contribution >= 4 is 11.9 Å². The molecule has 2 atom stereocenters. The second-order valence-electron chi connectivity index (χ2n) is 2.73. The summed E-state index contributed by atoms with van der Waals surface area (Å²) >= 11 is 0. The van der Waals surface area contributed by atoms with Crippen LogP contribution in [0, 0.1) is 0 Å². The fraction of sp³-hybridized carbons (Fsp3) is 0.250. The summed E-state index contributed by atoms with van der Waals surface area (Å²) in [5.74, 6) is -3.01. The number of hydrogen-bond acceptors (Lipinski definition) is 4. The van der Waals surface area contributed by atoms with Crippen LogP contribution in [0.2, 0.25) is 0 Å². The number of carboxylic acid groups (broad SMARTS) is 2. The third-order valence-corrected chi connectivity index (χ3v) is 1.83. The number of aliphatic hydroxyl groups excluding tert-OH is 2. The molecule has 0 spiro atoms. The van der Waals surface area contributed by atoms with Gasteiger partial charge < -0.3 is 20.4 Å². The smallest absolute Gasteiger partial charge is 0.336 e. The number of rotatable bonds is 2. The van der Waals surface area contributed by atoms with Crippen molar-refractivity contribution in [2.24, 2.45) is 0 Å². The molecule has 0 aliphatic heterocycles. The second kappa shape index (κ2) is 3.60. The molecule has 1 aliphatic rings. The molecular formula is C8H8O6. The third kappa shape index (κ3) is 1.66. The Balaban J connectivity index is 3.24. The first-order valence-corrected chi connectivity index (χ1v) is 3.70. The summed E-state index contributed by atoms with van der Waals surface area (Å²) < 4.78 is 0. The first-order chi connectivity index (χ1) is 6.45. The Labute approximate surface area is 78.4 Å². The predicted molar refractivity (Wildman–Crippen MR) is 43.5 cm³/mol. The lowest BCUT2D eigenvalue weighted by atomic mass is 9.93. The fourth-order valence-corrected chi connectivity index (χ4v) is 1.15. The minimum absolute atomic E-state index is 0.518. The number of aliphatic hydroxyl groups is 2. The van der Waals surface area contributed by atoms with Crippen LogP contribution >= 0.6 is 0 Å². The highest BCUT2D eigenvalue weighted by molar-refractivity contribution is 6.02. The summed E-state index contributed by atoms with van der Waals surface area (Å²) in [5, 5.41) is 35.5. The Morgan fingerprint density at radius 1 is 1.14 bits per heavy atom. The molecule has 14 heavy (non-hydrogen) atoms. The van der Waals surface area contributed by atoms with Gasteiger partial charge in [0.2, 0.25) is 0 Å². The summed E-state index contributed by atoms with van der Waals surface area (Å²) in [6.07, 6.45) is -1.10. The SMILES string of the molecule is O=C(O)C1=C(C(=O)O)C(O)C(O)C=C1. The van der Waals surface area contributed by atoms with Crippen LogP contribution in [0.1, 0.15) is 0 Å². The fourth-order valence-electron chi connectivity index (χ4n) is 1.15. The number of carboxylic acids is 2. The van der Waals surface area contributed by atoms with Crippen molar-refractivity contribution in [3.63, 3.8) is 0 Å². The average molecular weight is 200 g/mol. The van der Waals surface area contributed by atoms with Crippen LogP contribution in [0.3, 0.4) is 0 Å². The molecule has 1 rings (SSSR count). The van der Waals surface area contributed by atoms with E-state index in [0.29, 0.717) is 0 Å². The van der Waals surface area contributed by atoms with Crippen molar-refractivity contribution in [2.75, 3.05) is 0 Å². The molecule has 0 amide bonds. The van der Waals surface area contributed by atoms with Gasteiger partial charge in [0.15, 0.2) is 0 Å². The van der Waals surface area contributed by atoms with Gasteiger partial charge in [-0.3, -0.25) is 0 Å². The van der Waals surface area contributed by atoms with Crippen molar-refractivity contribution in [2.45, 2.75) is 12.2 Å². The lowest BCUT2D eigenvalue weighted by molar-refractivity contribution is -0.137. The molecule has 4 N–H and O–H groups in total. The van der Waals surface area contributed by atoms with E-state index in [1.807, 2.05) is 0 Å². The van der Waals surface area contributed by atoms with E-state index < -0.39 is 35.3 Å². The van der Waals surface area contributed by atoms with Gasteiger partial charge in [0.05, 0.1) is 11.1 Å². The average Bonchev–Trinajstić information content (AvgIpc) is 2.08. The maximum absolute atomic E-state index is 10.6. The van der Waals surface area contributed by atoms with Gasteiger partial charge in [0.1, 0.15) is 12.2 Å². The van der Waals surface area contributed by atoms with E-state index in [1.54, 1.807) is 0 Å². The van der Waals surface area contributed by atoms with E-state index in [4.69, 9.17) is 15.3 Å². The van der Waals surface area contributed by atoms with Gasteiger partial charge in [-0.1, -0.05) is 6.08 Å². The van der Waals surface area contributed by atoms with Crippen LogP contribution in [-0.2, 0) is 9.59 Å². The lowest BCUT2D eigenvalue weighted by Gasteiger charge is -2.20. The quantitative estimate of drug-likeness (QED) is 0.442. The van der Waals surface area contributed by atoms with E-state index in [2.05, 4.69) is 0 Å². The Hall–Kier alpha value is -1.66. The van der Waals surface area contributed by atoms with Gasteiger partial charge in [0.25, 0.3) is 0 Å². The highest BCUT2D eigenvalue weighted by Gasteiger charge is 2.32. The third-order valence-electron chi connectivity index (χ3n) is 1.83. The van der Waals surface area contributed by atoms with Crippen LogP contribution in [0.25, 0.3) is 0 Å². The predicted octanol–water partition coefficient (Wildman–Crippen LogP) is -1.26. The van der Waals surface area contributed by atoms with Gasteiger partial charge in [-0.05, 0) is 6.08 Å². The van der Waals surface area contributed by atoms with Gasteiger partial charge in [-0.15, -0.1) is 0 Å². The Morgan fingerprint density at radius 3 is 2.14 bits per heavy atom. The lowest BCUT2D eigenvalue weighted by Crippen LogP contribution is -2.34. The van der Waals surface area contributed by atoms with Gasteiger partial charge >= 0.3 is 11.9 Å². The second-order valence-corrected chi connectivity index (χ2v) is 2.73.